The summed E-state index contributed by atoms with van der Waals surface area (Å²) >= 11 is 0. The molecule has 0 atom stereocenters. The fourth-order valence-electron chi connectivity index (χ4n) is 1.23. The third-order valence-electron chi connectivity index (χ3n) is 1.93. The van der Waals surface area contributed by atoms with Gasteiger partial charge in [0.1, 0.15) is 10.7 Å². The number of pyridine rings is 1. The van der Waals surface area contributed by atoms with E-state index in [0.29, 0.717) is 0 Å². The van der Waals surface area contributed by atoms with Crippen LogP contribution in [-0.4, -0.2) is 13.4 Å². The van der Waals surface area contributed by atoms with Gasteiger partial charge in [0, 0.05) is 11.6 Å². The number of fused-ring (bicyclic) bond motifs is 1. The maximum Gasteiger partial charge on any atom is 0.333 e. The zero-order valence-electron chi connectivity index (χ0n) is 7.31. The average Bonchev–Trinajstić information content (AvgIpc) is 2.16. The van der Waals surface area contributed by atoms with Crippen LogP contribution >= 0.6 is 0 Å². The summed E-state index contributed by atoms with van der Waals surface area (Å²) in [6.07, 6.45) is 0.858. The van der Waals surface area contributed by atoms with Crippen molar-refractivity contribution in [2.24, 2.45) is 0 Å². The van der Waals surface area contributed by atoms with Gasteiger partial charge in [-0.1, -0.05) is 6.07 Å². The van der Waals surface area contributed by atoms with Crippen LogP contribution in [0.1, 0.15) is 0 Å². The second-order valence-corrected chi connectivity index (χ2v) is 4.26. The van der Waals surface area contributed by atoms with E-state index < -0.39 is 20.9 Å². The quantitative estimate of drug-likeness (QED) is 0.703. The molecule has 1 aromatic heterocycles. The fourth-order valence-corrected chi connectivity index (χ4v) is 1.66. The van der Waals surface area contributed by atoms with E-state index in [1.54, 1.807) is 0 Å². The molecule has 0 N–H and O–H groups in total. The molecule has 3 nitrogen and oxygen atoms in total. The molecule has 0 aliphatic rings. The van der Waals surface area contributed by atoms with Crippen LogP contribution in [0.25, 0.3) is 10.9 Å². The Balaban J connectivity index is 2.81. The largest absolute Gasteiger partial charge is 0.333 e. The van der Waals surface area contributed by atoms with Gasteiger partial charge in [0.15, 0.2) is 0 Å². The van der Waals surface area contributed by atoms with Crippen LogP contribution in [-0.2, 0) is 10.2 Å². The summed E-state index contributed by atoms with van der Waals surface area (Å²) < 4.78 is 46.9. The molecule has 0 amide bonds. The molecule has 0 bridgehead atoms. The van der Waals surface area contributed by atoms with Crippen LogP contribution in [0.3, 0.4) is 0 Å². The van der Waals surface area contributed by atoms with Crippen molar-refractivity contribution in [1.29, 1.82) is 0 Å². The molecule has 1 heterocycles. The monoisotopic (exact) mass is 229 g/mol. The van der Waals surface area contributed by atoms with E-state index in [1.807, 2.05) is 0 Å². The van der Waals surface area contributed by atoms with Crippen LogP contribution < -0.4 is 0 Å². The van der Waals surface area contributed by atoms with Crippen molar-refractivity contribution in [1.82, 2.24) is 4.98 Å². The number of halogens is 2. The van der Waals surface area contributed by atoms with E-state index >= 15 is 0 Å². The molecule has 15 heavy (non-hydrogen) atoms. The molecular weight excluding hydrogens is 224 g/mol. The van der Waals surface area contributed by atoms with Gasteiger partial charge in [-0.05, 0) is 18.2 Å². The van der Waals surface area contributed by atoms with E-state index in [-0.39, 0.29) is 10.9 Å². The Bertz CT molecular complexity index is 625. The maximum absolute atomic E-state index is 13.2. The van der Waals surface area contributed by atoms with E-state index in [9.17, 15) is 16.7 Å². The topological polar surface area (TPSA) is 47.0 Å². The average molecular weight is 229 g/mol. The van der Waals surface area contributed by atoms with Gasteiger partial charge in [0.25, 0.3) is 0 Å². The lowest BCUT2D eigenvalue weighted by atomic mass is 10.2. The standard InChI is InChI=1S/C9H5F2NO2S/c10-8-2-1-3-9-7(8)4-6(5-12-9)15(11,13)14/h1-5H. The molecule has 78 valence electrons. The lowest BCUT2D eigenvalue weighted by molar-refractivity contribution is 0.552. The Hall–Kier alpha value is -1.56. The minimum Gasteiger partial charge on any atom is -0.255 e. The number of hydrogen-bond donors (Lipinski definition) is 0. The van der Waals surface area contributed by atoms with Gasteiger partial charge in [-0.2, -0.15) is 8.42 Å². The highest BCUT2D eigenvalue weighted by molar-refractivity contribution is 7.86. The summed E-state index contributed by atoms with van der Waals surface area (Å²) in [7, 11) is -4.84. The van der Waals surface area contributed by atoms with Gasteiger partial charge in [-0.25, -0.2) is 4.39 Å². The van der Waals surface area contributed by atoms with E-state index in [2.05, 4.69) is 4.98 Å². The van der Waals surface area contributed by atoms with Crippen molar-refractivity contribution in [2.45, 2.75) is 4.90 Å². The summed E-state index contributed by atoms with van der Waals surface area (Å²) in [5.74, 6) is -0.634. The second-order valence-electron chi connectivity index (χ2n) is 2.92. The maximum atomic E-state index is 13.2. The molecule has 2 aromatic rings. The molecule has 0 unspecified atom stereocenters. The van der Waals surface area contributed by atoms with Gasteiger partial charge in [0.2, 0.25) is 0 Å². The highest BCUT2D eigenvalue weighted by atomic mass is 32.3. The number of hydrogen-bond acceptors (Lipinski definition) is 3. The van der Waals surface area contributed by atoms with E-state index in [0.717, 1.165) is 18.3 Å². The Labute approximate surface area is 84.6 Å². The molecule has 0 spiro atoms. The highest BCUT2D eigenvalue weighted by Gasteiger charge is 2.14. The van der Waals surface area contributed by atoms with Crippen molar-refractivity contribution in [3.63, 3.8) is 0 Å². The van der Waals surface area contributed by atoms with Crippen molar-refractivity contribution in [2.75, 3.05) is 0 Å². The van der Waals surface area contributed by atoms with Crippen molar-refractivity contribution < 1.29 is 16.7 Å². The molecule has 0 radical (unpaired) electrons. The first-order valence-corrected chi connectivity index (χ1v) is 5.36. The summed E-state index contributed by atoms with van der Waals surface area (Å²) in [6.45, 7) is 0. The second kappa shape index (κ2) is 3.23. The molecule has 0 aliphatic carbocycles. The zero-order chi connectivity index (χ0) is 11.1. The van der Waals surface area contributed by atoms with Gasteiger partial charge in [-0.15, -0.1) is 3.89 Å². The predicted octanol–water partition coefficient (Wildman–Crippen LogP) is 2.03. The van der Waals surface area contributed by atoms with Gasteiger partial charge in [0.05, 0.1) is 5.52 Å². The molecular formula is C9H5F2NO2S. The zero-order valence-corrected chi connectivity index (χ0v) is 8.13. The SMILES string of the molecule is O=S(=O)(F)c1cnc2cccc(F)c2c1. The normalized spacial score (nSPS) is 11.9. The van der Waals surface area contributed by atoms with E-state index in [4.69, 9.17) is 0 Å². The number of aromatic nitrogens is 1. The number of rotatable bonds is 1. The lowest BCUT2D eigenvalue weighted by Crippen LogP contribution is -1.94. The molecule has 2 rings (SSSR count). The Morgan fingerprint density at radius 1 is 1.27 bits per heavy atom. The number of benzene rings is 1. The lowest BCUT2D eigenvalue weighted by Gasteiger charge is -1.99. The summed E-state index contributed by atoms with van der Waals surface area (Å²) in [5.41, 5.74) is 0.280. The molecule has 0 saturated carbocycles. The smallest absolute Gasteiger partial charge is 0.255 e. The summed E-state index contributed by atoms with van der Waals surface area (Å²) in [5, 5.41) is -0.0174. The molecule has 0 saturated heterocycles. The molecule has 0 fully saturated rings. The van der Waals surface area contributed by atoms with E-state index in [1.165, 1.54) is 12.1 Å². The Kier molecular flexibility index (Phi) is 2.15. The first-order valence-electron chi connectivity index (χ1n) is 3.97. The van der Waals surface area contributed by atoms with Gasteiger partial charge >= 0.3 is 10.2 Å². The third-order valence-corrected chi connectivity index (χ3v) is 2.72. The molecule has 1 aromatic carbocycles. The van der Waals surface area contributed by atoms with Gasteiger partial charge < -0.3 is 0 Å². The van der Waals surface area contributed by atoms with Crippen molar-refractivity contribution in [3.05, 3.63) is 36.3 Å². The first kappa shape index (κ1) is 9.97. The summed E-state index contributed by atoms with van der Waals surface area (Å²) in [6, 6.07) is 5.02. The highest BCUT2D eigenvalue weighted by Crippen LogP contribution is 2.20. The minimum absolute atomic E-state index is 0.0174. The van der Waals surface area contributed by atoms with Gasteiger partial charge in [-0.3, -0.25) is 4.98 Å². The van der Waals surface area contributed by atoms with Crippen LogP contribution in [0.2, 0.25) is 0 Å². The van der Waals surface area contributed by atoms with Crippen molar-refractivity contribution >= 4 is 21.1 Å². The van der Waals surface area contributed by atoms with Crippen LogP contribution in [0.4, 0.5) is 8.28 Å². The van der Waals surface area contributed by atoms with Crippen molar-refractivity contribution in [3.8, 4) is 0 Å². The third kappa shape index (κ3) is 1.80. The Morgan fingerprint density at radius 3 is 2.67 bits per heavy atom. The summed E-state index contributed by atoms with van der Waals surface area (Å²) in [4.78, 5) is 3.01. The Morgan fingerprint density at radius 2 is 2.00 bits per heavy atom. The van der Waals surface area contributed by atoms with Crippen LogP contribution in [0, 0.1) is 5.82 Å². The number of nitrogens with zero attached hydrogens (tertiary/aromatic N) is 1. The first-order chi connectivity index (χ1) is 6.98. The molecule has 0 aliphatic heterocycles. The van der Waals surface area contributed by atoms with Crippen LogP contribution in [0.5, 0.6) is 0 Å². The minimum atomic E-state index is -4.84. The fraction of sp³-hybridized carbons (Fsp3) is 0. The molecule has 6 heteroatoms. The predicted molar refractivity (Wildman–Crippen MR) is 50.0 cm³/mol. The van der Waals surface area contributed by atoms with Crippen LogP contribution in [0.15, 0.2) is 35.4 Å².